The SMILES string of the molecule is CSc1ccc(C(=O)N2CCCCC2C2CCCN2)cc1. The van der Waals surface area contributed by atoms with Crippen molar-refractivity contribution in [2.75, 3.05) is 19.3 Å². The Balaban J connectivity index is 1.76. The van der Waals surface area contributed by atoms with Gasteiger partial charge in [0.1, 0.15) is 0 Å². The molecular weight excluding hydrogens is 280 g/mol. The first-order valence-corrected chi connectivity index (χ1v) is 9.20. The molecule has 1 aromatic carbocycles. The molecule has 4 heteroatoms. The van der Waals surface area contributed by atoms with Crippen LogP contribution in [0.2, 0.25) is 0 Å². The molecule has 0 aromatic heterocycles. The summed E-state index contributed by atoms with van der Waals surface area (Å²) >= 11 is 1.71. The van der Waals surface area contributed by atoms with Gasteiger partial charge in [-0.15, -0.1) is 11.8 Å². The third kappa shape index (κ3) is 3.27. The van der Waals surface area contributed by atoms with E-state index in [0.29, 0.717) is 12.1 Å². The maximum Gasteiger partial charge on any atom is 0.254 e. The van der Waals surface area contributed by atoms with Crippen molar-refractivity contribution in [3.63, 3.8) is 0 Å². The average molecular weight is 304 g/mol. The summed E-state index contributed by atoms with van der Waals surface area (Å²) in [6.07, 6.45) is 8.04. The zero-order valence-electron chi connectivity index (χ0n) is 12.7. The lowest BCUT2D eigenvalue weighted by Gasteiger charge is -2.39. The van der Waals surface area contributed by atoms with Crippen molar-refractivity contribution in [2.45, 2.75) is 49.1 Å². The molecule has 2 aliphatic rings. The summed E-state index contributed by atoms with van der Waals surface area (Å²) in [6.45, 7) is 2.01. The number of likely N-dealkylation sites (tertiary alicyclic amines) is 1. The van der Waals surface area contributed by atoms with E-state index in [0.717, 1.165) is 31.5 Å². The number of piperidine rings is 1. The number of nitrogens with one attached hydrogen (secondary N) is 1. The van der Waals surface area contributed by atoms with Gasteiger partial charge in [0.15, 0.2) is 0 Å². The Morgan fingerprint density at radius 2 is 2.00 bits per heavy atom. The summed E-state index contributed by atoms with van der Waals surface area (Å²) in [5.74, 6) is 0.209. The van der Waals surface area contributed by atoms with Crippen molar-refractivity contribution in [1.29, 1.82) is 0 Å². The van der Waals surface area contributed by atoms with Gasteiger partial charge in [-0.3, -0.25) is 4.79 Å². The first-order valence-electron chi connectivity index (χ1n) is 7.98. The summed E-state index contributed by atoms with van der Waals surface area (Å²) in [7, 11) is 0. The zero-order valence-corrected chi connectivity index (χ0v) is 13.5. The van der Waals surface area contributed by atoms with Crippen molar-refractivity contribution in [1.82, 2.24) is 10.2 Å². The fourth-order valence-electron chi connectivity index (χ4n) is 3.57. The highest BCUT2D eigenvalue weighted by molar-refractivity contribution is 7.98. The summed E-state index contributed by atoms with van der Waals surface area (Å²) < 4.78 is 0. The van der Waals surface area contributed by atoms with Crippen LogP contribution in [0.5, 0.6) is 0 Å². The molecular formula is C17H24N2OS. The molecule has 1 amide bonds. The number of hydrogen-bond acceptors (Lipinski definition) is 3. The lowest BCUT2D eigenvalue weighted by atomic mass is 9.93. The van der Waals surface area contributed by atoms with Crippen LogP contribution in [0, 0.1) is 0 Å². The largest absolute Gasteiger partial charge is 0.334 e. The standard InChI is InChI=1S/C17H24N2OS/c1-21-14-9-7-13(8-10-14)17(20)19-12-3-2-6-16(19)15-5-4-11-18-15/h7-10,15-16,18H,2-6,11-12H2,1H3. The third-order valence-electron chi connectivity index (χ3n) is 4.71. The van der Waals surface area contributed by atoms with Crippen LogP contribution in [0.4, 0.5) is 0 Å². The normalized spacial score (nSPS) is 26.0. The molecule has 3 rings (SSSR count). The van der Waals surface area contributed by atoms with Gasteiger partial charge in [-0.1, -0.05) is 0 Å². The number of rotatable bonds is 3. The Labute approximate surface area is 131 Å². The Morgan fingerprint density at radius 1 is 1.19 bits per heavy atom. The highest BCUT2D eigenvalue weighted by atomic mass is 32.2. The maximum absolute atomic E-state index is 12.9. The number of amides is 1. The Bertz CT molecular complexity index is 482. The van der Waals surface area contributed by atoms with Gasteiger partial charge in [-0.05, 0) is 69.2 Å². The van der Waals surface area contributed by atoms with Crippen molar-refractivity contribution < 1.29 is 4.79 Å². The van der Waals surface area contributed by atoms with Gasteiger partial charge in [-0.25, -0.2) is 0 Å². The molecule has 0 bridgehead atoms. The third-order valence-corrected chi connectivity index (χ3v) is 5.45. The zero-order chi connectivity index (χ0) is 14.7. The number of carbonyl (C=O) groups excluding carboxylic acids is 1. The van der Waals surface area contributed by atoms with Crippen molar-refractivity contribution in [2.24, 2.45) is 0 Å². The second kappa shape index (κ2) is 6.84. The Hall–Kier alpha value is -1.00. The maximum atomic E-state index is 12.9. The van der Waals surface area contributed by atoms with Crippen molar-refractivity contribution >= 4 is 17.7 Å². The van der Waals surface area contributed by atoms with Gasteiger partial charge in [-0.2, -0.15) is 0 Å². The molecule has 21 heavy (non-hydrogen) atoms. The minimum absolute atomic E-state index is 0.209. The predicted molar refractivity (Wildman–Crippen MR) is 87.9 cm³/mol. The number of thioether (sulfide) groups is 1. The van der Waals surface area contributed by atoms with Gasteiger partial charge in [0.05, 0.1) is 0 Å². The smallest absolute Gasteiger partial charge is 0.254 e. The predicted octanol–water partition coefficient (Wildman–Crippen LogP) is 3.16. The van der Waals surface area contributed by atoms with E-state index in [1.807, 2.05) is 24.3 Å². The van der Waals surface area contributed by atoms with E-state index in [2.05, 4.69) is 16.5 Å². The number of nitrogens with zero attached hydrogens (tertiary/aromatic N) is 1. The fraction of sp³-hybridized carbons (Fsp3) is 0.588. The first-order chi connectivity index (χ1) is 10.3. The van der Waals surface area contributed by atoms with E-state index < -0.39 is 0 Å². The summed E-state index contributed by atoms with van der Waals surface area (Å²) in [5, 5.41) is 3.58. The van der Waals surface area contributed by atoms with E-state index in [4.69, 9.17) is 0 Å². The number of hydrogen-bond donors (Lipinski definition) is 1. The van der Waals surface area contributed by atoms with Crippen LogP contribution in [0.25, 0.3) is 0 Å². The molecule has 0 aliphatic carbocycles. The van der Waals surface area contributed by atoms with Gasteiger partial charge in [0, 0.05) is 29.1 Å². The molecule has 114 valence electrons. The van der Waals surface area contributed by atoms with Crippen LogP contribution in [0.15, 0.2) is 29.2 Å². The second-order valence-electron chi connectivity index (χ2n) is 5.99. The Kier molecular flexibility index (Phi) is 4.86. The van der Waals surface area contributed by atoms with Crippen molar-refractivity contribution in [3.8, 4) is 0 Å². The van der Waals surface area contributed by atoms with Crippen LogP contribution in [0.3, 0.4) is 0 Å². The Morgan fingerprint density at radius 3 is 2.67 bits per heavy atom. The molecule has 3 nitrogen and oxygen atoms in total. The van der Waals surface area contributed by atoms with Crippen LogP contribution in [0.1, 0.15) is 42.5 Å². The lowest BCUT2D eigenvalue weighted by molar-refractivity contribution is 0.0563. The molecule has 0 saturated carbocycles. The summed E-state index contributed by atoms with van der Waals surface area (Å²) in [5.41, 5.74) is 0.831. The first kappa shape index (κ1) is 14.9. The quantitative estimate of drug-likeness (QED) is 0.871. The van der Waals surface area contributed by atoms with E-state index in [-0.39, 0.29) is 5.91 Å². The molecule has 2 aliphatic heterocycles. The van der Waals surface area contributed by atoms with Crippen LogP contribution >= 0.6 is 11.8 Å². The van der Waals surface area contributed by atoms with E-state index in [1.54, 1.807) is 11.8 Å². The van der Waals surface area contributed by atoms with Gasteiger partial charge >= 0.3 is 0 Å². The molecule has 1 N–H and O–H groups in total. The van der Waals surface area contributed by atoms with Crippen LogP contribution < -0.4 is 5.32 Å². The van der Waals surface area contributed by atoms with E-state index >= 15 is 0 Å². The molecule has 2 unspecified atom stereocenters. The molecule has 0 radical (unpaired) electrons. The molecule has 2 heterocycles. The minimum atomic E-state index is 0.209. The summed E-state index contributed by atoms with van der Waals surface area (Å²) in [4.78, 5) is 16.2. The molecule has 1 aromatic rings. The van der Waals surface area contributed by atoms with Crippen LogP contribution in [-0.2, 0) is 0 Å². The lowest BCUT2D eigenvalue weighted by Crippen LogP contribution is -2.52. The highest BCUT2D eigenvalue weighted by Gasteiger charge is 2.34. The average Bonchev–Trinajstić information content (AvgIpc) is 3.08. The van der Waals surface area contributed by atoms with Gasteiger partial charge < -0.3 is 10.2 Å². The number of benzene rings is 1. The molecule has 2 atom stereocenters. The molecule has 2 fully saturated rings. The summed E-state index contributed by atoms with van der Waals surface area (Å²) in [6, 6.07) is 8.92. The molecule has 0 spiro atoms. The minimum Gasteiger partial charge on any atom is -0.334 e. The van der Waals surface area contributed by atoms with Crippen molar-refractivity contribution in [3.05, 3.63) is 29.8 Å². The second-order valence-corrected chi connectivity index (χ2v) is 6.87. The monoisotopic (exact) mass is 304 g/mol. The topological polar surface area (TPSA) is 32.3 Å². The van der Waals surface area contributed by atoms with Gasteiger partial charge in [0.2, 0.25) is 0 Å². The fourth-order valence-corrected chi connectivity index (χ4v) is 3.98. The van der Waals surface area contributed by atoms with Gasteiger partial charge in [0.25, 0.3) is 5.91 Å². The van der Waals surface area contributed by atoms with Crippen LogP contribution in [-0.4, -0.2) is 42.2 Å². The highest BCUT2D eigenvalue weighted by Crippen LogP contribution is 2.26. The van der Waals surface area contributed by atoms with E-state index in [9.17, 15) is 4.79 Å². The van der Waals surface area contributed by atoms with E-state index in [1.165, 1.54) is 24.2 Å². The number of carbonyl (C=O) groups is 1. The molecule has 2 saturated heterocycles.